The van der Waals surface area contributed by atoms with Crippen LogP contribution in [0.15, 0.2) is 71.1 Å². The monoisotopic (exact) mass is 408 g/mol. The number of carbonyl (C=O) groups is 2. The summed E-state index contributed by atoms with van der Waals surface area (Å²) in [6, 6.07) is 20.1. The molecule has 7 nitrogen and oxygen atoms in total. The van der Waals surface area contributed by atoms with Gasteiger partial charge in [0.15, 0.2) is 5.76 Å². The quantitative estimate of drug-likeness (QED) is 0.528. The van der Waals surface area contributed by atoms with Crippen LogP contribution in [0.2, 0.25) is 0 Å². The maximum atomic E-state index is 12.2. The highest BCUT2D eigenvalue weighted by Crippen LogP contribution is 2.19. The van der Waals surface area contributed by atoms with Gasteiger partial charge in [-0.05, 0) is 49.2 Å². The summed E-state index contributed by atoms with van der Waals surface area (Å²) >= 11 is 0. The minimum atomic E-state index is -0.538. The first-order chi connectivity index (χ1) is 14.7. The predicted molar refractivity (Wildman–Crippen MR) is 111 cm³/mol. The molecule has 2 amide bonds. The van der Waals surface area contributed by atoms with E-state index in [1.807, 2.05) is 61.5 Å². The number of nitrogens with one attached hydrogen (secondary N) is 2. The van der Waals surface area contributed by atoms with Crippen molar-refractivity contribution in [2.24, 2.45) is 0 Å². The molecule has 0 radical (unpaired) electrons. The largest absolute Gasteiger partial charge is 0.494 e. The molecule has 0 aliphatic carbocycles. The van der Waals surface area contributed by atoms with Crippen molar-refractivity contribution in [2.75, 3.05) is 6.61 Å². The fraction of sp³-hybridized carbons (Fsp3) is 0.217. The Bertz CT molecular complexity index is 968. The van der Waals surface area contributed by atoms with E-state index in [0.717, 1.165) is 11.3 Å². The SMILES string of the molecule is CCOc1ccccc1CCC(=O)NNC(=O)c1ccc(COc2ccccc2)o1. The summed E-state index contributed by atoms with van der Waals surface area (Å²) in [6.07, 6.45) is 0.707. The number of amides is 2. The molecule has 156 valence electrons. The molecule has 7 heteroatoms. The topological polar surface area (TPSA) is 89.8 Å². The minimum absolute atomic E-state index is 0.0867. The molecule has 30 heavy (non-hydrogen) atoms. The van der Waals surface area contributed by atoms with Crippen LogP contribution in [-0.2, 0) is 17.8 Å². The molecule has 3 rings (SSSR count). The lowest BCUT2D eigenvalue weighted by Gasteiger charge is -2.10. The first-order valence-electron chi connectivity index (χ1n) is 9.72. The number of benzene rings is 2. The van der Waals surface area contributed by atoms with Gasteiger partial charge < -0.3 is 13.9 Å². The Balaban J connectivity index is 1.43. The van der Waals surface area contributed by atoms with Gasteiger partial charge in [-0.25, -0.2) is 0 Å². The second-order valence-electron chi connectivity index (χ2n) is 6.41. The van der Waals surface area contributed by atoms with Gasteiger partial charge in [0.2, 0.25) is 5.91 Å². The summed E-state index contributed by atoms with van der Waals surface area (Å²) < 4.78 is 16.6. The Morgan fingerprint density at radius 2 is 1.67 bits per heavy atom. The average molecular weight is 408 g/mol. The number of carbonyl (C=O) groups excluding carboxylic acids is 2. The zero-order valence-electron chi connectivity index (χ0n) is 16.7. The Morgan fingerprint density at radius 1 is 0.900 bits per heavy atom. The number of rotatable bonds is 9. The predicted octanol–water partition coefficient (Wildman–Crippen LogP) is 3.65. The third-order valence-corrected chi connectivity index (χ3v) is 4.22. The van der Waals surface area contributed by atoms with Gasteiger partial charge in [-0.2, -0.15) is 0 Å². The fourth-order valence-electron chi connectivity index (χ4n) is 2.75. The molecule has 0 bridgehead atoms. The first-order valence-corrected chi connectivity index (χ1v) is 9.72. The maximum absolute atomic E-state index is 12.2. The van der Waals surface area contributed by atoms with Crippen LogP contribution in [0, 0.1) is 0 Å². The second kappa shape index (κ2) is 10.7. The van der Waals surface area contributed by atoms with Crippen LogP contribution in [0.3, 0.4) is 0 Å². The Morgan fingerprint density at radius 3 is 2.47 bits per heavy atom. The van der Waals surface area contributed by atoms with Crippen molar-refractivity contribution in [1.82, 2.24) is 10.9 Å². The van der Waals surface area contributed by atoms with Crippen LogP contribution in [0.4, 0.5) is 0 Å². The van der Waals surface area contributed by atoms with Crippen LogP contribution < -0.4 is 20.3 Å². The van der Waals surface area contributed by atoms with Crippen molar-refractivity contribution in [2.45, 2.75) is 26.4 Å². The molecule has 0 spiro atoms. The van der Waals surface area contributed by atoms with Crippen molar-refractivity contribution in [3.63, 3.8) is 0 Å². The molecule has 2 aromatic carbocycles. The molecule has 0 atom stereocenters. The number of aryl methyl sites for hydroxylation is 1. The summed E-state index contributed by atoms with van der Waals surface area (Å²) in [5, 5.41) is 0. The molecule has 1 heterocycles. The molecule has 3 aromatic rings. The van der Waals surface area contributed by atoms with Gasteiger partial charge in [-0.3, -0.25) is 20.4 Å². The number of hydrogen-bond donors (Lipinski definition) is 2. The highest BCUT2D eigenvalue weighted by atomic mass is 16.5. The third-order valence-electron chi connectivity index (χ3n) is 4.22. The van der Waals surface area contributed by atoms with E-state index in [1.165, 1.54) is 6.07 Å². The summed E-state index contributed by atoms with van der Waals surface area (Å²) in [6.45, 7) is 2.66. The van der Waals surface area contributed by atoms with Gasteiger partial charge >= 0.3 is 5.91 Å². The van der Waals surface area contributed by atoms with Crippen LogP contribution in [0.1, 0.15) is 35.2 Å². The molecule has 2 N–H and O–H groups in total. The Hall–Kier alpha value is -3.74. The van der Waals surface area contributed by atoms with E-state index < -0.39 is 5.91 Å². The van der Waals surface area contributed by atoms with Crippen molar-refractivity contribution < 1.29 is 23.5 Å². The molecule has 0 fully saturated rings. The molecule has 0 saturated carbocycles. The van der Waals surface area contributed by atoms with E-state index in [2.05, 4.69) is 10.9 Å². The van der Waals surface area contributed by atoms with Crippen LogP contribution in [-0.4, -0.2) is 18.4 Å². The Labute approximate surface area is 175 Å². The molecular formula is C23H24N2O5. The molecule has 0 aliphatic heterocycles. The highest BCUT2D eigenvalue weighted by molar-refractivity contribution is 5.92. The van der Waals surface area contributed by atoms with Crippen LogP contribution in [0.5, 0.6) is 11.5 Å². The summed E-state index contributed by atoms with van der Waals surface area (Å²) in [5.74, 6) is 1.21. The van der Waals surface area contributed by atoms with Gasteiger partial charge in [0.1, 0.15) is 23.9 Å². The normalized spacial score (nSPS) is 10.3. The average Bonchev–Trinajstić information content (AvgIpc) is 3.25. The number of para-hydroxylation sites is 2. The molecular weight excluding hydrogens is 384 g/mol. The van der Waals surface area contributed by atoms with Crippen molar-refractivity contribution >= 4 is 11.8 Å². The standard InChI is InChI=1S/C23H24N2O5/c1-2-28-20-11-7-6-8-17(20)12-15-22(26)24-25-23(27)21-14-13-19(30-21)16-29-18-9-4-3-5-10-18/h3-11,13-14H,2,12,15-16H2,1H3,(H,24,26)(H,25,27). The van der Waals surface area contributed by atoms with E-state index >= 15 is 0 Å². The number of ether oxygens (including phenoxy) is 2. The van der Waals surface area contributed by atoms with Gasteiger partial charge in [0.25, 0.3) is 0 Å². The van der Waals surface area contributed by atoms with Crippen molar-refractivity contribution in [3.8, 4) is 11.5 Å². The lowest BCUT2D eigenvalue weighted by Crippen LogP contribution is -2.41. The zero-order chi connectivity index (χ0) is 21.2. The molecule has 1 aromatic heterocycles. The molecule has 0 unspecified atom stereocenters. The lowest BCUT2D eigenvalue weighted by atomic mass is 10.1. The van der Waals surface area contributed by atoms with E-state index in [9.17, 15) is 9.59 Å². The fourth-order valence-corrected chi connectivity index (χ4v) is 2.75. The minimum Gasteiger partial charge on any atom is -0.494 e. The van der Waals surface area contributed by atoms with Crippen molar-refractivity contribution in [1.29, 1.82) is 0 Å². The maximum Gasteiger partial charge on any atom is 0.305 e. The zero-order valence-corrected chi connectivity index (χ0v) is 16.7. The van der Waals surface area contributed by atoms with E-state index in [4.69, 9.17) is 13.9 Å². The first kappa shape index (κ1) is 21.0. The van der Waals surface area contributed by atoms with Gasteiger partial charge in [0.05, 0.1) is 6.61 Å². The van der Waals surface area contributed by atoms with Crippen LogP contribution in [0.25, 0.3) is 0 Å². The summed E-state index contributed by atoms with van der Waals surface area (Å²) in [7, 11) is 0. The van der Waals surface area contributed by atoms with Gasteiger partial charge in [-0.15, -0.1) is 0 Å². The summed E-state index contributed by atoms with van der Waals surface area (Å²) in [4.78, 5) is 24.2. The lowest BCUT2D eigenvalue weighted by molar-refractivity contribution is -0.121. The number of hydrazine groups is 1. The molecule has 0 saturated heterocycles. The van der Waals surface area contributed by atoms with Gasteiger partial charge in [0, 0.05) is 6.42 Å². The smallest absolute Gasteiger partial charge is 0.305 e. The molecule has 0 aliphatic rings. The summed E-state index contributed by atoms with van der Waals surface area (Å²) in [5.41, 5.74) is 5.70. The number of hydrogen-bond acceptors (Lipinski definition) is 5. The van der Waals surface area contributed by atoms with Crippen molar-refractivity contribution in [3.05, 3.63) is 83.8 Å². The number of furan rings is 1. The highest BCUT2D eigenvalue weighted by Gasteiger charge is 2.13. The van der Waals surface area contributed by atoms with E-state index in [-0.39, 0.29) is 24.7 Å². The van der Waals surface area contributed by atoms with Gasteiger partial charge in [-0.1, -0.05) is 36.4 Å². The van der Waals surface area contributed by atoms with E-state index in [1.54, 1.807) is 6.07 Å². The third kappa shape index (κ3) is 6.13. The Kier molecular flexibility index (Phi) is 7.49. The van der Waals surface area contributed by atoms with Crippen LogP contribution >= 0.6 is 0 Å². The van der Waals surface area contributed by atoms with E-state index in [0.29, 0.717) is 24.5 Å². The second-order valence-corrected chi connectivity index (χ2v) is 6.41.